The maximum absolute atomic E-state index is 12.6. The van der Waals surface area contributed by atoms with Gasteiger partial charge in [0.25, 0.3) is 5.69 Å². The Bertz CT molecular complexity index is 1150. The molecule has 4 heterocycles. The van der Waals surface area contributed by atoms with Gasteiger partial charge < -0.3 is 24.3 Å². The second-order valence-electron chi connectivity index (χ2n) is 7.25. The fraction of sp³-hybridized carbons (Fsp3) is 0.250. The van der Waals surface area contributed by atoms with E-state index in [1.54, 1.807) is 24.3 Å². The van der Waals surface area contributed by atoms with E-state index in [9.17, 15) is 14.9 Å². The number of cyclic esters (lactones) is 1. The molecule has 0 bridgehead atoms. The van der Waals surface area contributed by atoms with E-state index in [0.717, 1.165) is 11.1 Å². The molecule has 4 aliphatic rings. The molecule has 0 amide bonds. The molecule has 1 atom stereocenters. The summed E-state index contributed by atoms with van der Waals surface area (Å²) in [6.45, 7) is 0.929. The molecule has 2 aromatic rings. The molecule has 4 aliphatic heterocycles. The van der Waals surface area contributed by atoms with Crippen molar-refractivity contribution in [3.63, 3.8) is 0 Å². The predicted molar refractivity (Wildman–Crippen MR) is 97.6 cm³/mol. The van der Waals surface area contributed by atoms with Gasteiger partial charge in [0.1, 0.15) is 6.61 Å². The van der Waals surface area contributed by atoms with Gasteiger partial charge in [-0.2, -0.15) is 0 Å². The smallest absolute Gasteiger partial charge is 0.337 e. The number of benzene rings is 2. The number of nitrogens with zero attached hydrogens (tertiary/aromatic N) is 1. The molecule has 9 heteroatoms. The van der Waals surface area contributed by atoms with E-state index in [2.05, 4.69) is 5.32 Å². The number of nitrogens with one attached hydrogen (secondary N) is 1. The number of carbonyl (C=O) groups excluding carboxylic acids is 1. The van der Waals surface area contributed by atoms with Gasteiger partial charge in [0.05, 0.1) is 35.3 Å². The molecule has 9 nitrogen and oxygen atoms in total. The third-order valence-corrected chi connectivity index (χ3v) is 5.69. The van der Waals surface area contributed by atoms with Gasteiger partial charge >= 0.3 is 5.97 Å². The molecule has 0 saturated heterocycles. The van der Waals surface area contributed by atoms with Crippen LogP contribution in [0.5, 0.6) is 11.5 Å². The molecule has 146 valence electrons. The lowest BCUT2D eigenvalue weighted by Crippen LogP contribution is -2.21. The lowest BCUT2D eigenvalue weighted by molar-refractivity contribution is -0.385. The Morgan fingerprint density at radius 1 is 0.966 bits per heavy atom. The third-order valence-electron chi connectivity index (χ3n) is 5.69. The normalized spacial score (nSPS) is 20.7. The topological polar surface area (TPSA) is 109 Å². The summed E-state index contributed by atoms with van der Waals surface area (Å²) in [6, 6.07) is 6.89. The van der Waals surface area contributed by atoms with Crippen LogP contribution in [-0.4, -0.2) is 24.3 Å². The molecule has 0 spiro atoms. The molecule has 0 radical (unpaired) electrons. The van der Waals surface area contributed by atoms with Gasteiger partial charge in [-0.25, -0.2) is 4.79 Å². The zero-order valence-electron chi connectivity index (χ0n) is 15.0. The molecule has 0 aromatic heterocycles. The zero-order valence-corrected chi connectivity index (χ0v) is 15.0. The number of carbonyl (C=O) groups is 1. The molecule has 0 saturated carbocycles. The second kappa shape index (κ2) is 5.71. The van der Waals surface area contributed by atoms with Gasteiger partial charge in [-0.05, 0) is 28.8 Å². The fourth-order valence-corrected chi connectivity index (χ4v) is 4.38. The van der Waals surface area contributed by atoms with Crippen LogP contribution in [0.1, 0.15) is 28.2 Å². The van der Waals surface area contributed by atoms with Gasteiger partial charge in [-0.1, -0.05) is 0 Å². The number of nitro groups is 1. The molecular weight excluding hydrogens is 380 g/mol. The summed E-state index contributed by atoms with van der Waals surface area (Å²) in [5.41, 5.74) is 4.49. The first-order chi connectivity index (χ1) is 14.1. The first-order valence-electron chi connectivity index (χ1n) is 9.08. The Balaban J connectivity index is 1.62. The summed E-state index contributed by atoms with van der Waals surface area (Å²) in [4.78, 5) is 24.1. The second-order valence-corrected chi connectivity index (χ2v) is 7.25. The number of fused-ring (bicyclic) bond motifs is 3. The quantitative estimate of drug-likeness (QED) is 0.470. The van der Waals surface area contributed by atoms with Gasteiger partial charge in [0.15, 0.2) is 11.5 Å². The van der Waals surface area contributed by atoms with Crippen molar-refractivity contribution >= 4 is 17.3 Å². The van der Waals surface area contributed by atoms with Crippen LogP contribution in [0.3, 0.4) is 0 Å². The third kappa shape index (κ3) is 2.27. The van der Waals surface area contributed by atoms with Crippen LogP contribution < -0.4 is 14.8 Å². The number of rotatable bonds is 2. The van der Waals surface area contributed by atoms with Crippen molar-refractivity contribution in [1.29, 1.82) is 0 Å². The van der Waals surface area contributed by atoms with Crippen molar-refractivity contribution in [2.45, 2.75) is 19.1 Å². The number of anilines is 1. The van der Waals surface area contributed by atoms with Gasteiger partial charge in [0, 0.05) is 23.4 Å². The van der Waals surface area contributed by atoms with Gasteiger partial charge in [-0.3, -0.25) is 10.1 Å². The fourth-order valence-electron chi connectivity index (χ4n) is 4.38. The lowest BCUT2D eigenvalue weighted by atomic mass is 9.79. The minimum atomic E-state index is -0.656. The summed E-state index contributed by atoms with van der Waals surface area (Å²) in [5.74, 6) is -0.0110. The van der Waals surface area contributed by atoms with Crippen molar-refractivity contribution in [3.8, 4) is 11.5 Å². The number of hydrogen-bond donors (Lipinski definition) is 1. The number of ether oxygens (including phenoxy) is 4. The van der Waals surface area contributed by atoms with Crippen LogP contribution in [0, 0.1) is 10.1 Å². The van der Waals surface area contributed by atoms with E-state index < -0.39 is 16.8 Å². The zero-order chi connectivity index (χ0) is 19.7. The highest BCUT2D eigenvalue weighted by Crippen LogP contribution is 2.51. The molecule has 1 N–H and O–H groups in total. The maximum atomic E-state index is 12.6. The Kier molecular flexibility index (Phi) is 3.22. The van der Waals surface area contributed by atoms with Crippen LogP contribution in [0.4, 0.5) is 11.4 Å². The Morgan fingerprint density at radius 2 is 1.72 bits per heavy atom. The minimum absolute atomic E-state index is 0.0451. The highest BCUT2D eigenvalue weighted by Gasteiger charge is 2.42. The van der Waals surface area contributed by atoms with Gasteiger partial charge in [0.2, 0.25) is 6.79 Å². The molecule has 1 unspecified atom stereocenters. The van der Waals surface area contributed by atoms with Crippen molar-refractivity contribution in [3.05, 3.63) is 67.9 Å². The Hall–Kier alpha value is -3.59. The largest absolute Gasteiger partial charge is 0.456 e. The van der Waals surface area contributed by atoms with Gasteiger partial charge in [-0.15, -0.1) is 0 Å². The lowest BCUT2D eigenvalue weighted by Gasteiger charge is -2.27. The standard InChI is InChI=1S/C20H14N2O7/c23-20-19-14(7-27-20)21-13-4-17-16(28-8-29-17)3-11(13)18(19)12-1-9-5-26-6-10(9)2-15(12)22(24)25/h1-4,18,21H,5-8H2. The molecule has 0 fully saturated rings. The molecule has 6 rings (SSSR count). The number of nitro benzene ring substituents is 1. The van der Waals surface area contributed by atoms with Crippen molar-refractivity contribution in [1.82, 2.24) is 0 Å². The van der Waals surface area contributed by atoms with E-state index in [4.69, 9.17) is 18.9 Å². The summed E-state index contributed by atoms with van der Waals surface area (Å²) in [6.07, 6.45) is 0. The number of esters is 1. The summed E-state index contributed by atoms with van der Waals surface area (Å²) >= 11 is 0. The van der Waals surface area contributed by atoms with Crippen LogP contribution >= 0.6 is 0 Å². The Morgan fingerprint density at radius 3 is 2.52 bits per heavy atom. The van der Waals surface area contributed by atoms with E-state index in [0.29, 0.717) is 52.8 Å². The summed E-state index contributed by atoms with van der Waals surface area (Å²) in [7, 11) is 0. The molecule has 29 heavy (non-hydrogen) atoms. The molecular formula is C20H14N2O7. The highest BCUT2D eigenvalue weighted by molar-refractivity contribution is 5.97. The molecule has 2 aromatic carbocycles. The molecule has 0 aliphatic carbocycles. The average Bonchev–Trinajstić information content (AvgIpc) is 3.43. The predicted octanol–water partition coefficient (Wildman–Crippen LogP) is 2.72. The van der Waals surface area contributed by atoms with E-state index >= 15 is 0 Å². The summed E-state index contributed by atoms with van der Waals surface area (Å²) in [5, 5.41) is 15.1. The minimum Gasteiger partial charge on any atom is -0.456 e. The van der Waals surface area contributed by atoms with Crippen LogP contribution in [0.25, 0.3) is 0 Å². The highest BCUT2D eigenvalue weighted by atomic mass is 16.7. The maximum Gasteiger partial charge on any atom is 0.337 e. The first kappa shape index (κ1) is 16.4. The van der Waals surface area contributed by atoms with E-state index in [-0.39, 0.29) is 19.1 Å². The van der Waals surface area contributed by atoms with Crippen molar-refractivity contribution in [2.24, 2.45) is 0 Å². The summed E-state index contributed by atoms with van der Waals surface area (Å²) < 4.78 is 21.7. The van der Waals surface area contributed by atoms with Crippen LogP contribution in [0.2, 0.25) is 0 Å². The van der Waals surface area contributed by atoms with Crippen molar-refractivity contribution < 1.29 is 28.7 Å². The van der Waals surface area contributed by atoms with Crippen LogP contribution in [-0.2, 0) is 27.5 Å². The van der Waals surface area contributed by atoms with E-state index in [1.165, 1.54) is 0 Å². The van der Waals surface area contributed by atoms with Crippen molar-refractivity contribution in [2.75, 3.05) is 18.7 Å². The monoisotopic (exact) mass is 394 g/mol. The average molecular weight is 394 g/mol. The SMILES string of the molecule is O=C1OCC2=C1C(c1cc3c(cc1[N+](=O)[O-])COC3)c1cc3c(cc1N2)OCO3. The number of hydrogen-bond acceptors (Lipinski definition) is 8. The van der Waals surface area contributed by atoms with Crippen LogP contribution in [0.15, 0.2) is 35.5 Å². The van der Waals surface area contributed by atoms with E-state index in [1.807, 2.05) is 0 Å². The first-order valence-corrected chi connectivity index (χ1v) is 9.08. The Labute approximate surface area is 164 Å².